The summed E-state index contributed by atoms with van der Waals surface area (Å²) in [7, 11) is 0. The molecule has 152 valence electrons. The molecular formula is C21H23ClN4OS2. The maximum Gasteiger partial charge on any atom is 0.234 e. The molecule has 4 rings (SSSR count). The van der Waals surface area contributed by atoms with Crippen LogP contribution in [0.2, 0.25) is 5.02 Å². The average Bonchev–Trinajstić information content (AvgIpc) is 3.37. The minimum Gasteiger partial charge on any atom is -0.325 e. The molecule has 0 atom stereocenters. The van der Waals surface area contributed by atoms with Crippen molar-refractivity contribution in [1.82, 2.24) is 14.8 Å². The number of thioether (sulfide) groups is 1. The summed E-state index contributed by atoms with van der Waals surface area (Å²) >= 11 is 9.19. The molecule has 0 radical (unpaired) electrons. The second kappa shape index (κ2) is 9.78. The van der Waals surface area contributed by atoms with E-state index in [1.807, 2.05) is 12.1 Å². The number of carbonyl (C=O) groups is 1. The number of aromatic nitrogens is 3. The van der Waals surface area contributed by atoms with Gasteiger partial charge in [0.15, 0.2) is 5.16 Å². The third-order valence-electron chi connectivity index (χ3n) is 5.03. The van der Waals surface area contributed by atoms with E-state index in [4.69, 9.17) is 11.6 Å². The number of hydrogen-bond acceptors (Lipinski definition) is 5. The number of anilines is 1. The quantitative estimate of drug-likeness (QED) is 0.464. The van der Waals surface area contributed by atoms with Crippen molar-refractivity contribution in [1.29, 1.82) is 0 Å². The molecule has 29 heavy (non-hydrogen) atoms. The van der Waals surface area contributed by atoms with Gasteiger partial charge in [-0.3, -0.25) is 4.79 Å². The zero-order chi connectivity index (χ0) is 20.1. The highest BCUT2D eigenvalue weighted by atomic mass is 35.5. The van der Waals surface area contributed by atoms with Gasteiger partial charge in [0, 0.05) is 28.0 Å². The van der Waals surface area contributed by atoms with Crippen LogP contribution in [0.25, 0.3) is 0 Å². The topological polar surface area (TPSA) is 59.8 Å². The zero-order valence-corrected chi connectivity index (χ0v) is 18.4. The highest BCUT2D eigenvalue weighted by Gasteiger charge is 2.23. The fourth-order valence-electron chi connectivity index (χ4n) is 3.69. The zero-order valence-electron chi connectivity index (χ0n) is 16.0. The van der Waals surface area contributed by atoms with E-state index in [-0.39, 0.29) is 11.7 Å². The number of halogens is 1. The van der Waals surface area contributed by atoms with Crippen LogP contribution in [0.5, 0.6) is 0 Å². The Balaban J connectivity index is 1.47. The van der Waals surface area contributed by atoms with E-state index in [1.54, 1.807) is 23.5 Å². The Morgan fingerprint density at radius 3 is 2.83 bits per heavy atom. The lowest BCUT2D eigenvalue weighted by molar-refractivity contribution is -0.113. The maximum absolute atomic E-state index is 12.4. The molecule has 1 aliphatic carbocycles. The highest BCUT2D eigenvalue weighted by Crippen LogP contribution is 2.33. The number of amides is 1. The predicted molar refractivity (Wildman–Crippen MR) is 120 cm³/mol. The normalized spacial score (nSPS) is 14.8. The summed E-state index contributed by atoms with van der Waals surface area (Å²) in [6.45, 7) is 0. The molecule has 1 N–H and O–H groups in total. The van der Waals surface area contributed by atoms with Gasteiger partial charge >= 0.3 is 0 Å². The van der Waals surface area contributed by atoms with Gasteiger partial charge in [0.2, 0.25) is 5.91 Å². The fourth-order valence-corrected chi connectivity index (χ4v) is 5.41. The first-order chi connectivity index (χ1) is 14.2. The molecule has 1 fully saturated rings. The van der Waals surface area contributed by atoms with E-state index in [2.05, 4.69) is 37.6 Å². The standard InChI is InChI=1S/C21H23ClN4OS2/c22-15-6-4-7-16(12-15)23-20(27)14-29-21-25-24-19(13-18-10-5-11-28-18)26(21)17-8-2-1-3-9-17/h4-7,10-12,17H,1-3,8-9,13-14H2,(H,23,27). The molecule has 1 aromatic carbocycles. The van der Waals surface area contributed by atoms with Crippen LogP contribution in [0.4, 0.5) is 5.69 Å². The summed E-state index contributed by atoms with van der Waals surface area (Å²) < 4.78 is 2.29. The lowest BCUT2D eigenvalue weighted by atomic mass is 9.95. The summed E-state index contributed by atoms with van der Waals surface area (Å²) in [5, 5.41) is 15.4. The van der Waals surface area contributed by atoms with Gasteiger partial charge in [-0.2, -0.15) is 0 Å². The second-order valence-electron chi connectivity index (χ2n) is 7.16. The van der Waals surface area contributed by atoms with Crippen molar-refractivity contribution < 1.29 is 4.79 Å². The van der Waals surface area contributed by atoms with Crippen molar-refractivity contribution >= 4 is 46.3 Å². The summed E-state index contributed by atoms with van der Waals surface area (Å²) in [6.07, 6.45) is 6.86. The van der Waals surface area contributed by atoms with Crippen LogP contribution in [0.3, 0.4) is 0 Å². The smallest absolute Gasteiger partial charge is 0.234 e. The Labute approximate surface area is 183 Å². The summed E-state index contributed by atoms with van der Waals surface area (Å²) in [5.74, 6) is 1.21. The molecule has 1 saturated carbocycles. The molecule has 0 spiro atoms. The molecule has 2 heterocycles. The SMILES string of the molecule is O=C(CSc1nnc(Cc2cccs2)n1C1CCCCC1)Nc1cccc(Cl)c1. The number of nitrogens with one attached hydrogen (secondary N) is 1. The molecule has 8 heteroatoms. The van der Waals surface area contributed by atoms with Crippen molar-refractivity contribution in [3.05, 3.63) is 57.5 Å². The lowest BCUT2D eigenvalue weighted by Gasteiger charge is -2.25. The molecule has 0 aliphatic heterocycles. The van der Waals surface area contributed by atoms with E-state index >= 15 is 0 Å². The highest BCUT2D eigenvalue weighted by molar-refractivity contribution is 7.99. The molecule has 5 nitrogen and oxygen atoms in total. The van der Waals surface area contributed by atoms with E-state index in [0.29, 0.717) is 16.8 Å². The van der Waals surface area contributed by atoms with Gasteiger partial charge in [-0.05, 0) is 42.5 Å². The van der Waals surface area contributed by atoms with Gasteiger partial charge in [0.05, 0.1) is 5.75 Å². The third kappa shape index (κ3) is 5.41. The number of hydrogen-bond donors (Lipinski definition) is 1. The van der Waals surface area contributed by atoms with Crippen LogP contribution in [-0.2, 0) is 11.2 Å². The number of rotatable bonds is 7. The van der Waals surface area contributed by atoms with Crippen molar-refractivity contribution in [2.75, 3.05) is 11.1 Å². The lowest BCUT2D eigenvalue weighted by Crippen LogP contribution is -2.18. The van der Waals surface area contributed by atoms with Crippen LogP contribution in [0, 0.1) is 0 Å². The van der Waals surface area contributed by atoms with Crippen LogP contribution >= 0.6 is 34.7 Å². The van der Waals surface area contributed by atoms with Gasteiger partial charge < -0.3 is 9.88 Å². The second-order valence-corrected chi connectivity index (χ2v) is 9.58. The van der Waals surface area contributed by atoms with Crippen molar-refractivity contribution in [2.24, 2.45) is 0 Å². The first-order valence-corrected chi connectivity index (χ1v) is 12.1. The van der Waals surface area contributed by atoms with E-state index in [0.717, 1.165) is 30.2 Å². The molecule has 1 aliphatic rings. The number of benzene rings is 1. The number of nitrogens with zero attached hydrogens (tertiary/aromatic N) is 3. The van der Waals surface area contributed by atoms with Gasteiger partial charge in [0.1, 0.15) is 5.82 Å². The van der Waals surface area contributed by atoms with Gasteiger partial charge in [-0.15, -0.1) is 21.5 Å². The van der Waals surface area contributed by atoms with Gasteiger partial charge in [-0.1, -0.05) is 54.8 Å². The third-order valence-corrected chi connectivity index (χ3v) is 7.08. The molecule has 0 saturated heterocycles. The van der Waals surface area contributed by atoms with E-state index in [1.165, 1.54) is 35.9 Å². The first-order valence-electron chi connectivity index (χ1n) is 9.83. The van der Waals surface area contributed by atoms with Gasteiger partial charge in [0.25, 0.3) is 0 Å². The largest absolute Gasteiger partial charge is 0.325 e. The Hall–Kier alpha value is -1.83. The van der Waals surface area contributed by atoms with Crippen LogP contribution in [-0.4, -0.2) is 26.4 Å². The minimum atomic E-state index is -0.0738. The Kier molecular flexibility index (Phi) is 6.90. The first kappa shape index (κ1) is 20.4. The minimum absolute atomic E-state index is 0.0738. The van der Waals surface area contributed by atoms with Crippen molar-refractivity contribution in [3.8, 4) is 0 Å². The van der Waals surface area contributed by atoms with Crippen LogP contribution < -0.4 is 5.32 Å². The van der Waals surface area contributed by atoms with Crippen LogP contribution in [0.15, 0.2) is 46.9 Å². The maximum atomic E-state index is 12.4. The number of carbonyl (C=O) groups excluding carboxylic acids is 1. The molecule has 1 amide bonds. The molecular weight excluding hydrogens is 424 g/mol. The predicted octanol–water partition coefficient (Wildman–Crippen LogP) is 5.82. The van der Waals surface area contributed by atoms with E-state index < -0.39 is 0 Å². The van der Waals surface area contributed by atoms with Crippen molar-refractivity contribution in [3.63, 3.8) is 0 Å². The summed E-state index contributed by atoms with van der Waals surface area (Å²) in [5.41, 5.74) is 0.704. The monoisotopic (exact) mass is 446 g/mol. The van der Waals surface area contributed by atoms with Crippen molar-refractivity contribution in [2.45, 2.75) is 49.7 Å². The molecule has 2 aromatic heterocycles. The molecule has 0 unspecified atom stereocenters. The Morgan fingerprint density at radius 2 is 2.07 bits per heavy atom. The Morgan fingerprint density at radius 1 is 1.21 bits per heavy atom. The average molecular weight is 447 g/mol. The molecule has 0 bridgehead atoms. The molecule has 3 aromatic rings. The van der Waals surface area contributed by atoms with E-state index in [9.17, 15) is 4.79 Å². The van der Waals surface area contributed by atoms with Crippen LogP contribution in [0.1, 0.15) is 48.8 Å². The van der Waals surface area contributed by atoms with Gasteiger partial charge in [-0.25, -0.2) is 0 Å². The Bertz CT molecular complexity index is 952. The summed E-state index contributed by atoms with van der Waals surface area (Å²) in [4.78, 5) is 13.7. The fraction of sp³-hybridized carbons (Fsp3) is 0.381. The number of thiophene rings is 1. The summed E-state index contributed by atoms with van der Waals surface area (Å²) in [6, 6.07) is 11.8.